The van der Waals surface area contributed by atoms with Crippen LogP contribution >= 0.6 is 0 Å². The van der Waals surface area contributed by atoms with Crippen LogP contribution in [0, 0.1) is 0 Å². The number of hydrogen-bond donors (Lipinski definition) is 2. The zero-order valence-electron chi connectivity index (χ0n) is 21.0. The van der Waals surface area contributed by atoms with E-state index in [1.54, 1.807) is 0 Å². The molecular formula is C36H28N2. The highest BCUT2D eigenvalue weighted by Crippen LogP contribution is 2.49. The minimum absolute atomic E-state index is 0.732. The van der Waals surface area contributed by atoms with Crippen LogP contribution < -0.4 is 11.5 Å². The first-order valence-electron chi connectivity index (χ1n) is 12.8. The highest BCUT2D eigenvalue weighted by atomic mass is 14.6. The maximum Gasteiger partial charge on any atom is 0.0480 e. The van der Waals surface area contributed by atoms with Crippen molar-refractivity contribution in [2.45, 2.75) is 0 Å². The molecule has 6 aromatic carbocycles. The van der Waals surface area contributed by atoms with Crippen molar-refractivity contribution < 1.29 is 0 Å². The van der Waals surface area contributed by atoms with Gasteiger partial charge in [0.25, 0.3) is 0 Å². The fourth-order valence-corrected chi connectivity index (χ4v) is 5.23. The molecule has 0 aliphatic rings. The van der Waals surface area contributed by atoms with E-state index in [1.807, 2.05) is 30.3 Å². The Morgan fingerprint density at radius 1 is 0.316 bits per heavy atom. The molecule has 6 rings (SSSR count). The summed E-state index contributed by atoms with van der Waals surface area (Å²) in [5, 5.41) is 0. The molecule has 0 radical (unpaired) electrons. The van der Waals surface area contributed by atoms with Crippen molar-refractivity contribution in [1.82, 2.24) is 0 Å². The quantitative estimate of drug-likeness (QED) is 0.238. The summed E-state index contributed by atoms with van der Waals surface area (Å²) >= 11 is 0. The lowest BCUT2D eigenvalue weighted by atomic mass is 9.81. The zero-order valence-corrected chi connectivity index (χ0v) is 21.0. The van der Waals surface area contributed by atoms with Crippen molar-refractivity contribution >= 4 is 11.4 Å². The lowest BCUT2D eigenvalue weighted by Crippen LogP contribution is -2.01. The Bertz CT molecular complexity index is 1690. The van der Waals surface area contributed by atoms with E-state index < -0.39 is 0 Å². The largest absolute Gasteiger partial charge is 0.399 e. The van der Waals surface area contributed by atoms with E-state index in [1.165, 1.54) is 0 Å². The van der Waals surface area contributed by atoms with Gasteiger partial charge in [-0.3, -0.25) is 0 Å². The molecule has 0 fully saturated rings. The van der Waals surface area contributed by atoms with Crippen LogP contribution in [0.2, 0.25) is 0 Å². The Labute approximate surface area is 223 Å². The van der Waals surface area contributed by atoms with E-state index in [4.69, 9.17) is 11.5 Å². The van der Waals surface area contributed by atoms with Crippen LogP contribution in [-0.2, 0) is 0 Å². The van der Waals surface area contributed by atoms with Crippen molar-refractivity contribution in [3.05, 3.63) is 146 Å². The Balaban J connectivity index is 1.78. The molecule has 2 nitrogen and oxygen atoms in total. The van der Waals surface area contributed by atoms with Crippen molar-refractivity contribution in [3.8, 4) is 55.6 Å². The number of nitrogen functional groups attached to an aromatic ring is 2. The van der Waals surface area contributed by atoms with Crippen molar-refractivity contribution in [2.75, 3.05) is 11.5 Å². The summed E-state index contributed by atoms with van der Waals surface area (Å²) in [4.78, 5) is 0. The Hall–Kier alpha value is -5.08. The Morgan fingerprint density at radius 2 is 0.763 bits per heavy atom. The van der Waals surface area contributed by atoms with Gasteiger partial charge >= 0.3 is 0 Å². The predicted molar refractivity (Wildman–Crippen MR) is 162 cm³/mol. The second-order valence-electron chi connectivity index (χ2n) is 9.40. The third-order valence-electron chi connectivity index (χ3n) is 7.00. The van der Waals surface area contributed by atoms with Crippen molar-refractivity contribution in [3.63, 3.8) is 0 Å². The monoisotopic (exact) mass is 488 g/mol. The summed E-state index contributed by atoms with van der Waals surface area (Å²) in [5.41, 5.74) is 25.8. The third-order valence-corrected chi connectivity index (χ3v) is 7.00. The van der Waals surface area contributed by atoms with E-state index in [2.05, 4.69) is 115 Å². The van der Waals surface area contributed by atoms with Crippen LogP contribution in [0.1, 0.15) is 0 Å². The van der Waals surface area contributed by atoms with E-state index in [0.29, 0.717) is 0 Å². The van der Waals surface area contributed by atoms with Crippen molar-refractivity contribution in [2.24, 2.45) is 0 Å². The number of benzene rings is 6. The minimum atomic E-state index is 0.732. The topological polar surface area (TPSA) is 52.0 Å². The van der Waals surface area contributed by atoms with Crippen LogP contribution in [0.15, 0.2) is 146 Å². The maximum atomic E-state index is 7.09. The molecule has 4 N–H and O–H groups in total. The molecule has 0 spiro atoms. The Morgan fingerprint density at radius 3 is 1.29 bits per heavy atom. The molecule has 0 heterocycles. The summed E-state index contributed by atoms with van der Waals surface area (Å²) in [6, 6.07) is 50.2. The van der Waals surface area contributed by atoms with Crippen LogP contribution in [0.25, 0.3) is 55.6 Å². The van der Waals surface area contributed by atoms with Gasteiger partial charge in [-0.25, -0.2) is 0 Å². The van der Waals surface area contributed by atoms with E-state index in [9.17, 15) is 0 Å². The second-order valence-corrected chi connectivity index (χ2v) is 9.40. The van der Waals surface area contributed by atoms with Gasteiger partial charge < -0.3 is 11.5 Å². The average Bonchev–Trinajstić information content (AvgIpc) is 2.99. The number of rotatable bonds is 5. The molecule has 0 bridgehead atoms. The number of nitrogens with two attached hydrogens (primary N) is 2. The van der Waals surface area contributed by atoms with Crippen LogP contribution in [0.3, 0.4) is 0 Å². The average molecular weight is 489 g/mol. The first-order valence-corrected chi connectivity index (χ1v) is 12.8. The van der Waals surface area contributed by atoms with Crippen LogP contribution in [-0.4, -0.2) is 0 Å². The molecule has 182 valence electrons. The van der Waals surface area contributed by atoms with Gasteiger partial charge in [0.15, 0.2) is 0 Å². The lowest BCUT2D eigenvalue weighted by molar-refractivity contribution is 1.53. The first-order chi connectivity index (χ1) is 18.7. The molecular weight excluding hydrogens is 460 g/mol. The zero-order chi connectivity index (χ0) is 25.9. The molecule has 0 aromatic heterocycles. The van der Waals surface area contributed by atoms with Gasteiger partial charge in [-0.2, -0.15) is 0 Å². The smallest absolute Gasteiger partial charge is 0.0480 e. The number of anilines is 2. The molecule has 0 aliphatic carbocycles. The SMILES string of the molecule is Nc1ccc(-c2cc(-c3ccccc3)c(N)c(-c3ccccc3)c2-c2ccccc2)c(-c2ccccc2)c1. The lowest BCUT2D eigenvalue weighted by Gasteiger charge is -2.23. The highest BCUT2D eigenvalue weighted by molar-refractivity contribution is 6.07. The summed E-state index contributed by atoms with van der Waals surface area (Å²) < 4.78 is 0. The van der Waals surface area contributed by atoms with E-state index in [-0.39, 0.29) is 0 Å². The van der Waals surface area contributed by atoms with Gasteiger partial charge in [-0.05, 0) is 62.7 Å². The second kappa shape index (κ2) is 10.1. The highest BCUT2D eigenvalue weighted by Gasteiger charge is 2.22. The Kier molecular flexibility index (Phi) is 6.21. The van der Waals surface area contributed by atoms with E-state index in [0.717, 1.165) is 67.0 Å². The van der Waals surface area contributed by atoms with Gasteiger partial charge in [0, 0.05) is 22.5 Å². The predicted octanol–water partition coefficient (Wildman–Crippen LogP) is 9.19. The molecule has 0 saturated heterocycles. The van der Waals surface area contributed by atoms with Crippen molar-refractivity contribution in [1.29, 1.82) is 0 Å². The van der Waals surface area contributed by atoms with Crippen LogP contribution in [0.5, 0.6) is 0 Å². The fraction of sp³-hybridized carbons (Fsp3) is 0. The summed E-state index contributed by atoms with van der Waals surface area (Å²) in [6.45, 7) is 0. The maximum absolute atomic E-state index is 7.09. The van der Waals surface area contributed by atoms with Gasteiger partial charge in [-0.15, -0.1) is 0 Å². The van der Waals surface area contributed by atoms with Gasteiger partial charge in [-0.1, -0.05) is 127 Å². The summed E-state index contributed by atoms with van der Waals surface area (Å²) in [7, 11) is 0. The molecule has 0 aliphatic heterocycles. The molecule has 0 atom stereocenters. The molecule has 0 amide bonds. The van der Waals surface area contributed by atoms with Gasteiger partial charge in [0.2, 0.25) is 0 Å². The van der Waals surface area contributed by atoms with Crippen LogP contribution in [0.4, 0.5) is 11.4 Å². The third kappa shape index (κ3) is 4.33. The standard InChI is InChI=1S/C36H28N2/c37-29-21-22-30(31(23-29)25-13-5-1-6-14-25)33-24-32(26-15-7-2-8-16-26)36(38)35(28-19-11-4-12-20-28)34(33)27-17-9-3-10-18-27/h1-24H,37-38H2. The fourth-order valence-electron chi connectivity index (χ4n) is 5.23. The molecule has 0 saturated carbocycles. The first kappa shape index (κ1) is 23.3. The minimum Gasteiger partial charge on any atom is -0.399 e. The normalized spacial score (nSPS) is 10.8. The van der Waals surface area contributed by atoms with E-state index >= 15 is 0 Å². The molecule has 6 aromatic rings. The molecule has 0 unspecified atom stereocenters. The molecule has 38 heavy (non-hydrogen) atoms. The molecule has 2 heteroatoms. The summed E-state index contributed by atoms with van der Waals surface area (Å²) in [5.74, 6) is 0. The number of hydrogen-bond acceptors (Lipinski definition) is 2. The van der Waals surface area contributed by atoms with Gasteiger partial charge in [0.1, 0.15) is 0 Å². The summed E-state index contributed by atoms with van der Waals surface area (Å²) in [6.07, 6.45) is 0. The van der Waals surface area contributed by atoms with Gasteiger partial charge in [0.05, 0.1) is 0 Å².